The Morgan fingerprint density at radius 1 is 1.17 bits per heavy atom. The number of benzene rings is 1. The summed E-state index contributed by atoms with van der Waals surface area (Å²) in [6.07, 6.45) is 0.838. The Morgan fingerprint density at radius 2 is 1.91 bits per heavy atom. The summed E-state index contributed by atoms with van der Waals surface area (Å²) in [4.78, 5) is 10.1. The Balaban J connectivity index is 2.14. The molecule has 23 heavy (non-hydrogen) atoms. The fourth-order valence-corrected chi connectivity index (χ4v) is 3.56. The van der Waals surface area contributed by atoms with Crippen LogP contribution in [0.5, 0.6) is 0 Å². The number of anilines is 1. The largest absolute Gasteiger partial charge is 0.394 e. The molecule has 0 radical (unpaired) electrons. The molecule has 0 bridgehead atoms. The van der Waals surface area contributed by atoms with Crippen molar-refractivity contribution in [3.63, 3.8) is 0 Å². The molecule has 120 valence electrons. The van der Waals surface area contributed by atoms with Crippen molar-refractivity contribution in [3.05, 3.63) is 41.0 Å². The molecular formula is C18H21N3OS. The molecule has 1 aromatic carbocycles. The number of aliphatic hydroxyl groups is 1. The van der Waals surface area contributed by atoms with E-state index in [9.17, 15) is 5.11 Å². The van der Waals surface area contributed by atoms with Gasteiger partial charge in [0, 0.05) is 10.9 Å². The first kappa shape index (κ1) is 15.9. The van der Waals surface area contributed by atoms with Crippen molar-refractivity contribution >= 4 is 27.4 Å². The van der Waals surface area contributed by atoms with Crippen LogP contribution in [-0.2, 0) is 0 Å². The first-order valence-corrected chi connectivity index (χ1v) is 8.70. The molecule has 0 amide bonds. The third-order valence-electron chi connectivity index (χ3n) is 3.96. The Hall–Kier alpha value is -1.98. The van der Waals surface area contributed by atoms with Gasteiger partial charge in [-0.15, -0.1) is 11.3 Å². The Labute approximate surface area is 140 Å². The highest BCUT2D eigenvalue weighted by atomic mass is 32.1. The molecule has 4 nitrogen and oxygen atoms in total. The molecule has 1 unspecified atom stereocenters. The molecule has 0 aliphatic carbocycles. The molecule has 2 aromatic heterocycles. The lowest BCUT2D eigenvalue weighted by atomic mass is 10.0. The Kier molecular flexibility index (Phi) is 4.59. The highest BCUT2D eigenvalue weighted by Crippen LogP contribution is 2.37. The number of aliphatic hydroxyl groups excluding tert-OH is 1. The van der Waals surface area contributed by atoms with Gasteiger partial charge in [0.2, 0.25) is 0 Å². The quantitative estimate of drug-likeness (QED) is 0.739. The fraction of sp³-hybridized carbons (Fsp3) is 0.333. The van der Waals surface area contributed by atoms with E-state index in [1.807, 2.05) is 13.8 Å². The first-order valence-electron chi connectivity index (χ1n) is 7.82. The monoisotopic (exact) mass is 327 g/mol. The summed E-state index contributed by atoms with van der Waals surface area (Å²) in [6, 6.07) is 8.49. The first-order chi connectivity index (χ1) is 11.1. The van der Waals surface area contributed by atoms with Gasteiger partial charge >= 0.3 is 0 Å². The van der Waals surface area contributed by atoms with Crippen molar-refractivity contribution in [3.8, 4) is 11.1 Å². The van der Waals surface area contributed by atoms with E-state index in [1.54, 1.807) is 11.3 Å². The molecule has 0 aliphatic rings. The molecule has 3 rings (SSSR count). The van der Waals surface area contributed by atoms with Gasteiger partial charge in [0.25, 0.3) is 0 Å². The van der Waals surface area contributed by atoms with E-state index in [-0.39, 0.29) is 12.6 Å². The lowest BCUT2D eigenvalue weighted by Gasteiger charge is -2.16. The summed E-state index contributed by atoms with van der Waals surface area (Å²) < 4.78 is 0. The van der Waals surface area contributed by atoms with Crippen LogP contribution in [0.3, 0.4) is 0 Å². The third kappa shape index (κ3) is 3.21. The van der Waals surface area contributed by atoms with E-state index in [2.05, 4.69) is 51.9 Å². The summed E-state index contributed by atoms with van der Waals surface area (Å²) in [5.74, 6) is 1.55. The SMILES string of the molecule is CCC(CO)Nc1nc(C)nc2scc(-c3ccc(C)cc3)c12. The average molecular weight is 327 g/mol. The lowest BCUT2D eigenvalue weighted by Crippen LogP contribution is -2.23. The highest BCUT2D eigenvalue weighted by molar-refractivity contribution is 7.17. The van der Waals surface area contributed by atoms with Crippen LogP contribution in [-0.4, -0.2) is 27.7 Å². The number of nitrogens with zero attached hydrogens (tertiary/aromatic N) is 2. The van der Waals surface area contributed by atoms with Crippen LogP contribution in [0.2, 0.25) is 0 Å². The van der Waals surface area contributed by atoms with Crippen LogP contribution < -0.4 is 5.32 Å². The molecule has 0 saturated heterocycles. The Morgan fingerprint density at radius 3 is 2.57 bits per heavy atom. The smallest absolute Gasteiger partial charge is 0.139 e. The zero-order valence-electron chi connectivity index (χ0n) is 13.6. The molecule has 0 fully saturated rings. The zero-order valence-corrected chi connectivity index (χ0v) is 14.4. The van der Waals surface area contributed by atoms with Crippen molar-refractivity contribution in [2.24, 2.45) is 0 Å². The van der Waals surface area contributed by atoms with Crippen molar-refractivity contribution in [2.75, 3.05) is 11.9 Å². The molecule has 3 aromatic rings. The highest BCUT2D eigenvalue weighted by Gasteiger charge is 2.16. The standard InChI is InChI=1S/C18H21N3OS/c1-4-14(9-22)21-17-16-15(13-7-5-11(2)6-8-13)10-23-18(16)20-12(3)19-17/h5-8,10,14,22H,4,9H2,1-3H3,(H,19,20,21). The van der Waals surface area contributed by atoms with E-state index in [4.69, 9.17) is 0 Å². The van der Waals surface area contributed by atoms with Gasteiger partial charge in [-0.2, -0.15) is 0 Å². The molecule has 5 heteroatoms. The minimum atomic E-state index is -0.00160. The summed E-state index contributed by atoms with van der Waals surface area (Å²) in [7, 11) is 0. The van der Waals surface area contributed by atoms with Gasteiger partial charge < -0.3 is 10.4 Å². The van der Waals surface area contributed by atoms with Gasteiger partial charge in [-0.25, -0.2) is 9.97 Å². The van der Waals surface area contributed by atoms with Gasteiger partial charge in [0.05, 0.1) is 18.0 Å². The number of thiophene rings is 1. The van der Waals surface area contributed by atoms with Crippen molar-refractivity contribution in [1.29, 1.82) is 0 Å². The molecule has 2 heterocycles. The second-order valence-corrected chi connectivity index (χ2v) is 6.61. The predicted octanol–water partition coefficient (Wildman–Crippen LogP) is 4.16. The molecule has 2 N–H and O–H groups in total. The van der Waals surface area contributed by atoms with E-state index >= 15 is 0 Å². The van der Waals surface area contributed by atoms with Gasteiger partial charge in [0.1, 0.15) is 16.5 Å². The second kappa shape index (κ2) is 6.64. The van der Waals surface area contributed by atoms with Crippen LogP contribution in [0.4, 0.5) is 5.82 Å². The number of fused-ring (bicyclic) bond motifs is 1. The minimum absolute atomic E-state index is 0.00160. The van der Waals surface area contributed by atoms with Gasteiger partial charge in [-0.3, -0.25) is 0 Å². The van der Waals surface area contributed by atoms with Crippen LogP contribution in [0.1, 0.15) is 24.7 Å². The molecule has 0 aliphatic heterocycles. The number of aromatic nitrogens is 2. The van der Waals surface area contributed by atoms with Crippen LogP contribution in [0.15, 0.2) is 29.6 Å². The van der Waals surface area contributed by atoms with Crippen molar-refractivity contribution in [1.82, 2.24) is 9.97 Å². The maximum atomic E-state index is 9.49. The lowest BCUT2D eigenvalue weighted by molar-refractivity contribution is 0.271. The van der Waals surface area contributed by atoms with Crippen LogP contribution in [0, 0.1) is 13.8 Å². The van der Waals surface area contributed by atoms with Crippen molar-refractivity contribution in [2.45, 2.75) is 33.2 Å². The normalized spacial score (nSPS) is 12.5. The summed E-state index contributed by atoms with van der Waals surface area (Å²) in [6.45, 7) is 6.12. The summed E-state index contributed by atoms with van der Waals surface area (Å²) in [5.41, 5.74) is 3.54. The zero-order chi connectivity index (χ0) is 16.4. The fourth-order valence-electron chi connectivity index (χ4n) is 2.57. The predicted molar refractivity (Wildman–Crippen MR) is 97.1 cm³/mol. The van der Waals surface area contributed by atoms with E-state index in [0.717, 1.165) is 39.4 Å². The van der Waals surface area contributed by atoms with Gasteiger partial charge in [-0.1, -0.05) is 36.8 Å². The topological polar surface area (TPSA) is 58.0 Å². The molecule has 0 spiro atoms. The molecule has 1 atom stereocenters. The minimum Gasteiger partial charge on any atom is -0.394 e. The van der Waals surface area contributed by atoms with Crippen molar-refractivity contribution < 1.29 is 5.11 Å². The maximum absolute atomic E-state index is 9.49. The van der Waals surface area contributed by atoms with E-state index in [0.29, 0.717) is 0 Å². The maximum Gasteiger partial charge on any atom is 0.139 e. The molecular weight excluding hydrogens is 306 g/mol. The van der Waals surface area contributed by atoms with Crippen LogP contribution >= 0.6 is 11.3 Å². The Bertz CT molecular complexity index is 807. The number of aryl methyl sites for hydroxylation is 2. The average Bonchev–Trinajstić information content (AvgIpc) is 2.97. The summed E-state index contributed by atoms with van der Waals surface area (Å²) >= 11 is 1.63. The number of nitrogens with one attached hydrogen (secondary N) is 1. The second-order valence-electron chi connectivity index (χ2n) is 5.75. The number of hydrogen-bond donors (Lipinski definition) is 2. The van der Waals surface area contributed by atoms with E-state index < -0.39 is 0 Å². The van der Waals surface area contributed by atoms with Gasteiger partial charge in [0.15, 0.2) is 0 Å². The third-order valence-corrected chi connectivity index (χ3v) is 4.83. The van der Waals surface area contributed by atoms with Gasteiger partial charge in [-0.05, 0) is 25.8 Å². The van der Waals surface area contributed by atoms with E-state index in [1.165, 1.54) is 5.56 Å². The molecule has 0 saturated carbocycles. The van der Waals surface area contributed by atoms with Crippen LogP contribution in [0.25, 0.3) is 21.3 Å². The number of rotatable bonds is 5. The summed E-state index contributed by atoms with van der Waals surface area (Å²) in [5, 5.41) is 16.0. The number of hydrogen-bond acceptors (Lipinski definition) is 5.